The lowest BCUT2D eigenvalue weighted by molar-refractivity contribution is -0.245. The summed E-state index contributed by atoms with van der Waals surface area (Å²) in [7, 11) is 0. The van der Waals surface area contributed by atoms with Crippen LogP contribution in [0.2, 0.25) is 0 Å². The Balaban J connectivity index is 1.18. The van der Waals surface area contributed by atoms with E-state index in [0.717, 1.165) is 28.0 Å². The number of aliphatic hydroxyl groups excluding tert-OH is 1. The molecule has 0 bridgehead atoms. The maximum atomic E-state index is 12.8. The van der Waals surface area contributed by atoms with E-state index < -0.39 is 6.29 Å². The van der Waals surface area contributed by atoms with Crippen LogP contribution >= 0.6 is 11.8 Å². The minimum Gasteiger partial charge on any atom is -0.392 e. The van der Waals surface area contributed by atoms with Gasteiger partial charge in [-0.2, -0.15) is 0 Å². The van der Waals surface area contributed by atoms with Crippen molar-refractivity contribution < 1.29 is 24.2 Å². The lowest BCUT2D eigenvalue weighted by Crippen LogP contribution is -2.31. The number of benzene rings is 4. The number of nitrogens with zero attached hydrogens (tertiary/aromatic N) is 1. The van der Waals surface area contributed by atoms with Crippen LogP contribution in [0.1, 0.15) is 61.8 Å². The number of aliphatic hydroxyl groups is 1. The highest BCUT2D eigenvalue weighted by atomic mass is 32.2. The molecule has 2 amide bonds. The van der Waals surface area contributed by atoms with Gasteiger partial charge in [-0.05, 0) is 41.0 Å². The van der Waals surface area contributed by atoms with E-state index in [1.807, 2.05) is 66.7 Å². The second kappa shape index (κ2) is 11.8. The summed E-state index contributed by atoms with van der Waals surface area (Å²) in [5.41, 5.74) is 4.52. The molecule has 1 fully saturated rings. The predicted molar refractivity (Wildman–Crippen MR) is 153 cm³/mol. The van der Waals surface area contributed by atoms with E-state index in [-0.39, 0.29) is 37.2 Å². The molecule has 0 aromatic heterocycles. The molecule has 1 saturated heterocycles. The first-order valence-corrected chi connectivity index (χ1v) is 14.3. The van der Waals surface area contributed by atoms with E-state index in [1.54, 1.807) is 36.0 Å². The highest BCUT2D eigenvalue weighted by Gasteiger charge is 2.35. The Labute approximate surface area is 237 Å². The molecule has 0 aliphatic carbocycles. The van der Waals surface area contributed by atoms with Crippen molar-refractivity contribution in [2.75, 3.05) is 5.75 Å². The van der Waals surface area contributed by atoms with Crippen LogP contribution in [0.15, 0.2) is 108 Å². The molecule has 6 nitrogen and oxygen atoms in total. The van der Waals surface area contributed by atoms with Gasteiger partial charge in [0.2, 0.25) is 0 Å². The number of imide groups is 1. The highest BCUT2D eigenvalue weighted by molar-refractivity contribution is 7.99. The Morgan fingerprint density at radius 1 is 0.725 bits per heavy atom. The summed E-state index contributed by atoms with van der Waals surface area (Å²) in [5, 5.41) is 9.44. The zero-order valence-corrected chi connectivity index (χ0v) is 22.6. The molecule has 2 aliphatic rings. The van der Waals surface area contributed by atoms with Gasteiger partial charge in [0.05, 0.1) is 36.5 Å². The van der Waals surface area contributed by atoms with Crippen molar-refractivity contribution in [2.45, 2.75) is 43.0 Å². The molecular weight excluding hydrogens is 522 g/mol. The zero-order valence-electron chi connectivity index (χ0n) is 21.8. The van der Waals surface area contributed by atoms with Crippen molar-refractivity contribution in [1.82, 2.24) is 4.90 Å². The van der Waals surface area contributed by atoms with Gasteiger partial charge in [0, 0.05) is 22.6 Å². The largest absolute Gasteiger partial charge is 0.392 e. The van der Waals surface area contributed by atoms with Gasteiger partial charge in [0.1, 0.15) is 0 Å². The molecule has 40 heavy (non-hydrogen) atoms. The zero-order chi connectivity index (χ0) is 27.5. The number of hydrogen-bond donors (Lipinski definition) is 1. The summed E-state index contributed by atoms with van der Waals surface area (Å²) in [6.45, 7) is 0.204. The van der Waals surface area contributed by atoms with Crippen molar-refractivity contribution in [3.8, 4) is 0 Å². The summed E-state index contributed by atoms with van der Waals surface area (Å²) >= 11 is 1.76. The normalized spacial score (nSPS) is 20.5. The van der Waals surface area contributed by atoms with Crippen molar-refractivity contribution >= 4 is 23.6 Å². The van der Waals surface area contributed by atoms with Crippen LogP contribution < -0.4 is 0 Å². The highest BCUT2D eigenvalue weighted by Crippen LogP contribution is 2.39. The molecule has 3 unspecified atom stereocenters. The smallest absolute Gasteiger partial charge is 0.261 e. The third-order valence-electron chi connectivity index (χ3n) is 7.26. The van der Waals surface area contributed by atoms with Gasteiger partial charge >= 0.3 is 0 Å². The minimum absolute atomic E-state index is 0.000933. The van der Waals surface area contributed by atoms with E-state index in [0.29, 0.717) is 17.5 Å². The summed E-state index contributed by atoms with van der Waals surface area (Å²) in [4.78, 5) is 28.1. The first-order chi connectivity index (χ1) is 19.6. The molecule has 6 rings (SSSR count). The van der Waals surface area contributed by atoms with Crippen LogP contribution in [-0.4, -0.2) is 33.7 Å². The second-order valence-corrected chi connectivity index (χ2v) is 11.1. The van der Waals surface area contributed by atoms with E-state index in [9.17, 15) is 14.7 Å². The Morgan fingerprint density at radius 2 is 1.32 bits per heavy atom. The molecule has 4 aromatic carbocycles. The SMILES string of the molecule is O=C1c2ccccc2C(=O)N1Cc1ccc(C2OC(CSc3ccccc3)CC(c3ccc(CO)cc3)O2)cc1. The second-order valence-electron chi connectivity index (χ2n) is 9.96. The van der Waals surface area contributed by atoms with Gasteiger partial charge in [-0.15, -0.1) is 11.8 Å². The summed E-state index contributed by atoms with van der Waals surface area (Å²) in [6, 6.07) is 32.8. The Morgan fingerprint density at radius 3 is 1.98 bits per heavy atom. The molecule has 7 heteroatoms. The fourth-order valence-corrected chi connectivity index (χ4v) is 6.02. The van der Waals surface area contributed by atoms with Crippen molar-refractivity contribution in [3.05, 3.63) is 137 Å². The number of rotatable bonds is 8. The third kappa shape index (κ3) is 5.60. The topological polar surface area (TPSA) is 76.1 Å². The lowest BCUT2D eigenvalue weighted by Gasteiger charge is -2.36. The lowest BCUT2D eigenvalue weighted by atomic mass is 10.0. The van der Waals surface area contributed by atoms with E-state index >= 15 is 0 Å². The fraction of sp³-hybridized carbons (Fsp3) is 0.212. The number of carbonyl (C=O) groups is 2. The molecule has 2 aliphatic heterocycles. The van der Waals surface area contributed by atoms with E-state index in [2.05, 4.69) is 12.1 Å². The standard InChI is InChI=1S/C33H29NO5S/c35-20-23-12-14-24(15-13-23)30-18-26(21-40-27-6-2-1-3-7-27)38-33(39-30)25-16-10-22(11-17-25)19-34-31(36)28-8-4-5-9-29(28)32(34)37/h1-17,26,30,33,35H,18-21H2. The third-order valence-corrected chi connectivity index (χ3v) is 8.41. The first kappa shape index (κ1) is 26.5. The minimum atomic E-state index is -0.564. The molecule has 3 atom stereocenters. The van der Waals surface area contributed by atoms with E-state index in [1.165, 1.54) is 9.80 Å². The van der Waals surface area contributed by atoms with Gasteiger partial charge < -0.3 is 14.6 Å². The fourth-order valence-electron chi connectivity index (χ4n) is 5.07. The Kier molecular flexibility index (Phi) is 7.80. The molecule has 4 aromatic rings. The number of amides is 2. The van der Waals surface area contributed by atoms with Crippen LogP contribution in [0.5, 0.6) is 0 Å². The quantitative estimate of drug-likeness (QED) is 0.204. The van der Waals surface area contributed by atoms with Gasteiger partial charge in [0.25, 0.3) is 11.8 Å². The van der Waals surface area contributed by atoms with Gasteiger partial charge in [-0.3, -0.25) is 14.5 Å². The Hall–Kier alpha value is -3.75. The average Bonchev–Trinajstić information content (AvgIpc) is 3.25. The van der Waals surface area contributed by atoms with Crippen LogP contribution in [0.4, 0.5) is 0 Å². The predicted octanol–water partition coefficient (Wildman–Crippen LogP) is 6.31. The number of thioether (sulfide) groups is 1. The van der Waals surface area contributed by atoms with Crippen molar-refractivity contribution in [1.29, 1.82) is 0 Å². The molecule has 2 heterocycles. The molecule has 0 radical (unpaired) electrons. The average molecular weight is 552 g/mol. The molecule has 0 spiro atoms. The number of ether oxygens (including phenoxy) is 2. The Bertz CT molecular complexity index is 1450. The van der Waals surface area contributed by atoms with Gasteiger partial charge in [-0.25, -0.2) is 0 Å². The monoisotopic (exact) mass is 551 g/mol. The van der Waals surface area contributed by atoms with Gasteiger partial charge in [0.15, 0.2) is 6.29 Å². The molecular formula is C33H29NO5S. The first-order valence-electron chi connectivity index (χ1n) is 13.3. The number of fused-ring (bicyclic) bond motifs is 1. The van der Waals surface area contributed by atoms with E-state index in [4.69, 9.17) is 9.47 Å². The molecule has 202 valence electrons. The maximum Gasteiger partial charge on any atom is 0.261 e. The van der Waals surface area contributed by atoms with Crippen LogP contribution in [0.3, 0.4) is 0 Å². The maximum absolute atomic E-state index is 12.8. The summed E-state index contributed by atoms with van der Waals surface area (Å²) in [5.74, 6) is 0.252. The molecule has 0 saturated carbocycles. The van der Waals surface area contributed by atoms with Crippen LogP contribution in [0.25, 0.3) is 0 Å². The number of hydrogen-bond acceptors (Lipinski definition) is 6. The molecule has 1 N–H and O–H groups in total. The van der Waals surface area contributed by atoms with Crippen molar-refractivity contribution in [2.24, 2.45) is 0 Å². The summed E-state index contributed by atoms with van der Waals surface area (Å²) < 4.78 is 12.9. The number of carbonyl (C=O) groups excluding carboxylic acids is 2. The summed E-state index contributed by atoms with van der Waals surface area (Å²) in [6.07, 6.45) is -0.0477. The van der Waals surface area contributed by atoms with Gasteiger partial charge in [-0.1, -0.05) is 78.9 Å². The van der Waals surface area contributed by atoms with Crippen LogP contribution in [0, 0.1) is 0 Å². The van der Waals surface area contributed by atoms with Crippen LogP contribution in [-0.2, 0) is 22.6 Å². The van der Waals surface area contributed by atoms with Crippen molar-refractivity contribution in [3.63, 3.8) is 0 Å².